The molecule has 0 amide bonds. The van der Waals surface area contributed by atoms with Gasteiger partial charge in [-0.2, -0.15) is 0 Å². The molecule has 0 bridgehead atoms. The van der Waals surface area contributed by atoms with Gasteiger partial charge in [-0.15, -0.1) is 0 Å². The summed E-state index contributed by atoms with van der Waals surface area (Å²) in [6, 6.07) is 9.28. The van der Waals surface area contributed by atoms with Gasteiger partial charge in [-0.05, 0) is 77.0 Å². The number of rotatable bonds is 2. The predicted molar refractivity (Wildman–Crippen MR) is 93.2 cm³/mol. The Labute approximate surface area is 129 Å². The highest BCUT2D eigenvalue weighted by Gasteiger charge is 2.33. The molecule has 3 rings (SSSR count). The summed E-state index contributed by atoms with van der Waals surface area (Å²) in [5.74, 6) is 2.83. The van der Waals surface area contributed by atoms with E-state index in [2.05, 4.69) is 65.8 Å². The molecule has 0 N–H and O–H groups in total. The van der Waals surface area contributed by atoms with E-state index in [-0.39, 0.29) is 0 Å². The molecule has 2 atom stereocenters. The van der Waals surface area contributed by atoms with E-state index in [1.54, 1.807) is 16.5 Å². The largest absolute Gasteiger partial charge is 0.0622 e. The Kier molecular flexibility index (Phi) is 3.59. The van der Waals surface area contributed by atoms with Crippen LogP contribution in [0.25, 0.3) is 10.8 Å². The van der Waals surface area contributed by atoms with Gasteiger partial charge in [0.15, 0.2) is 0 Å². The molecule has 0 fully saturated rings. The van der Waals surface area contributed by atoms with Gasteiger partial charge in [0.05, 0.1) is 0 Å². The molecule has 0 radical (unpaired) electrons. The van der Waals surface area contributed by atoms with Gasteiger partial charge in [0.25, 0.3) is 0 Å². The normalized spacial score (nSPS) is 21.5. The van der Waals surface area contributed by atoms with E-state index in [1.165, 1.54) is 22.9 Å². The zero-order valence-electron chi connectivity index (χ0n) is 14.3. The zero-order valence-corrected chi connectivity index (χ0v) is 14.3. The maximum absolute atomic E-state index is 2.39. The van der Waals surface area contributed by atoms with Crippen molar-refractivity contribution in [3.05, 3.63) is 46.5 Å². The topological polar surface area (TPSA) is 0 Å². The summed E-state index contributed by atoms with van der Waals surface area (Å²) in [6.45, 7) is 14.2. The second kappa shape index (κ2) is 5.16. The van der Waals surface area contributed by atoms with Gasteiger partial charge in [0, 0.05) is 0 Å². The van der Waals surface area contributed by atoms with Crippen LogP contribution in [0, 0.1) is 25.7 Å². The first-order chi connectivity index (χ1) is 9.91. The van der Waals surface area contributed by atoms with Crippen molar-refractivity contribution in [2.45, 2.75) is 59.8 Å². The second-order valence-electron chi connectivity index (χ2n) is 7.63. The first-order valence-electron chi connectivity index (χ1n) is 8.44. The summed E-state index contributed by atoms with van der Waals surface area (Å²) in [6.07, 6.45) is 1.31. The Hall–Kier alpha value is -1.30. The van der Waals surface area contributed by atoms with Crippen LogP contribution in [0.5, 0.6) is 0 Å². The van der Waals surface area contributed by atoms with E-state index in [4.69, 9.17) is 0 Å². The van der Waals surface area contributed by atoms with Crippen molar-refractivity contribution in [2.24, 2.45) is 11.8 Å². The molecule has 1 aliphatic rings. The average molecular weight is 280 g/mol. The summed E-state index contributed by atoms with van der Waals surface area (Å²) in [7, 11) is 0. The zero-order chi connectivity index (χ0) is 15.3. The smallest absolute Gasteiger partial charge is 0.0109 e. The predicted octanol–water partition coefficient (Wildman–Crippen LogP) is 6.34. The van der Waals surface area contributed by atoms with Crippen LogP contribution in [-0.2, 0) is 0 Å². The molecular weight excluding hydrogens is 252 g/mol. The SMILES string of the molecule is Cc1ccc2ccc(C)c3c2c1[C@H](C(C)C)C[C@H]3C(C)C. The molecule has 1 aliphatic carbocycles. The summed E-state index contributed by atoms with van der Waals surface area (Å²) in [5, 5.41) is 3.02. The van der Waals surface area contributed by atoms with E-state index in [1.807, 2.05) is 0 Å². The fourth-order valence-corrected chi connectivity index (χ4v) is 4.36. The molecule has 2 aromatic rings. The Morgan fingerprint density at radius 2 is 1.19 bits per heavy atom. The maximum atomic E-state index is 2.39. The molecule has 0 aliphatic heterocycles. The monoisotopic (exact) mass is 280 g/mol. The minimum absolute atomic E-state index is 0.704. The lowest BCUT2D eigenvalue weighted by molar-refractivity contribution is 0.366. The van der Waals surface area contributed by atoms with Gasteiger partial charge in [0.1, 0.15) is 0 Å². The third-order valence-corrected chi connectivity index (χ3v) is 5.56. The molecule has 0 nitrogen and oxygen atoms in total. The first-order valence-corrected chi connectivity index (χ1v) is 8.44. The first kappa shape index (κ1) is 14.6. The van der Waals surface area contributed by atoms with E-state index >= 15 is 0 Å². The second-order valence-corrected chi connectivity index (χ2v) is 7.63. The van der Waals surface area contributed by atoms with Crippen molar-refractivity contribution < 1.29 is 0 Å². The van der Waals surface area contributed by atoms with Gasteiger partial charge in [-0.3, -0.25) is 0 Å². The highest BCUT2D eigenvalue weighted by Crippen LogP contribution is 2.50. The fourth-order valence-electron chi connectivity index (χ4n) is 4.36. The van der Waals surface area contributed by atoms with Crippen molar-refractivity contribution in [1.82, 2.24) is 0 Å². The molecule has 0 aromatic heterocycles. The molecule has 0 spiro atoms. The van der Waals surface area contributed by atoms with Crippen molar-refractivity contribution in [2.75, 3.05) is 0 Å². The van der Waals surface area contributed by atoms with Crippen LogP contribution in [0.3, 0.4) is 0 Å². The number of hydrogen-bond acceptors (Lipinski definition) is 0. The van der Waals surface area contributed by atoms with Crippen LogP contribution in [0.15, 0.2) is 24.3 Å². The molecule has 0 saturated carbocycles. The molecule has 0 heteroatoms. The minimum Gasteiger partial charge on any atom is -0.0622 e. The van der Waals surface area contributed by atoms with Crippen LogP contribution >= 0.6 is 0 Å². The molecule has 0 saturated heterocycles. The van der Waals surface area contributed by atoms with Crippen LogP contribution in [0.4, 0.5) is 0 Å². The van der Waals surface area contributed by atoms with E-state index < -0.39 is 0 Å². The Balaban J connectivity index is 2.42. The lowest BCUT2D eigenvalue weighted by Gasteiger charge is -2.38. The van der Waals surface area contributed by atoms with Crippen LogP contribution in [0.2, 0.25) is 0 Å². The van der Waals surface area contributed by atoms with E-state index in [0.29, 0.717) is 23.7 Å². The van der Waals surface area contributed by atoms with Crippen LogP contribution < -0.4 is 0 Å². The van der Waals surface area contributed by atoms with Gasteiger partial charge < -0.3 is 0 Å². The van der Waals surface area contributed by atoms with Gasteiger partial charge in [-0.1, -0.05) is 52.0 Å². The summed E-state index contributed by atoms with van der Waals surface area (Å²) < 4.78 is 0. The highest BCUT2D eigenvalue weighted by atomic mass is 14.4. The van der Waals surface area contributed by atoms with Crippen molar-refractivity contribution >= 4 is 10.8 Å². The van der Waals surface area contributed by atoms with Gasteiger partial charge in [-0.25, -0.2) is 0 Å². The molecule has 2 aromatic carbocycles. The summed E-state index contributed by atoms with van der Waals surface area (Å²) in [4.78, 5) is 0. The van der Waals surface area contributed by atoms with Crippen molar-refractivity contribution in [1.29, 1.82) is 0 Å². The van der Waals surface area contributed by atoms with E-state index in [9.17, 15) is 0 Å². The lowest BCUT2D eigenvalue weighted by Crippen LogP contribution is -2.22. The Morgan fingerprint density at radius 3 is 1.57 bits per heavy atom. The van der Waals surface area contributed by atoms with Crippen molar-refractivity contribution in [3.63, 3.8) is 0 Å². The number of aryl methyl sites for hydroxylation is 2. The summed E-state index contributed by atoms with van der Waals surface area (Å²) in [5.41, 5.74) is 6.24. The fraction of sp³-hybridized carbons (Fsp3) is 0.524. The quantitative estimate of drug-likeness (QED) is 0.602. The van der Waals surface area contributed by atoms with Crippen LogP contribution in [0.1, 0.15) is 68.2 Å². The Bertz CT molecular complexity index is 621. The Morgan fingerprint density at radius 1 is 0.762 bits per heavy atom. The third-order valence-electron chi connectivity index (χ3n) is 5.56. The standard InChI is InChI=1S/C21H28/c1-12(2)17-11-18(13(3)4)20-15(6)8-10-16-9-7-14(5)19(17)21(16)20/h7-10,12-13,17-18H,11H2,1-6H3/t17-,18-/m0/s1. The third kappa shape index (κ3) is 2.20. The number of benzene rings is 2. The lowest BCUT2D eigenvalue weighted by atomic mass is 9.66. The van der Waals surface area contributed by atoms with Crippen molar-refractivity contribution in [3.8, 4) is 0 Å². The van der Waals surface area contributed by atoms with Gasteiger partial charge >= 0.3 is 0 Å². The minimum atomic E-state index is 0.704. The molecule has 0 unspecified atom stereocenters. The molecule has 21 heavy (non-hydrogen) atoms. The molecule has 0 heterocycles. The van der Waals surface area contributed by atoms with Crippen LogP contribution in [-0.4, -0.2) is 0 Å². The highest BCUT2D eigenvalue weighted by molar-refractivity contribution is 5.92. The van der Waals surface area contributed by atoms with Gasteiger partial charge in [0.2, 0.25) is 0 Å². The molecular formula is C21H28. The van der Waals surface area contributed by atoms with E-state index in [0.717, 1.165) is 0 Å². The molecule has 112 valence electrons. The maximum Gasteiger partial charge on any atom is -0.0109 e. The number of hydrogen-bond donors (Lipinski definition) is 0. The summed E-state index contributed by atoms with van der Waals surface area (Å²) >= 11 is 0. The average Bonchev–Trinajstić information content (AvgIpc) is 2.43.